The summed E-state index contributed by atoms with van der Waals surface area (Å²) < 4.78 is 6.00. The molecule has 142 valence electrons. The summed E-state index contributed by atoms with van der Waals surface area (Å²) in [5.41, 5.74) is 0.568. The van der Waals surface area contributed by atoms with Crippen molar-refractivity contribution in [3.05, 3.63) is 29.8 Å². The summed E-state index contributed by atoms with van der Waals surface area (Å²) in [7, 11) is 0. The van der Waals surface area contributed by atoms with E-state index < -0.39 is 0 Å². The van der Waals surface area contributed by atoms with E-state index in [1.165, 1.54) is 12.8 Å². The first-order valence-electron chi connectivity index (χ1n) is 9.83. The van der Waals surface area contributed by atoms with Crippen LogP contribution in [0.25, 0.3) is 0 Å². The number of carbonyl (C=O) groups is 2. The summed E-state index contributed by atoms with van der Waals surface area (Å²) in [6.07, 6.45) is 5.22. The van der Waals surface area contributed by atoms with Gasteiger partial charge in [0.1, 0.15) is 5.75 Å². The standard InChI is InChI=1S/C21H30N2O3/c1-15(2)22-21(25)18-7-3-4-8-19(18)26-14-17-6-5-11-23(13-17)20(24)12-16-9-10-16/h3-4,7-8,15-17H,5-6,9-14H2,1-2H3,(H,22,25). The molecular formula is C21H30N2O3. The normalized spacial score (nSPS) is 20.1. The molecule has 1 atom stereocenters. The molecular weight excluding hydrogens is 328 g/mol. The smallest absolute Gasteiger partial charge is 0.255 e. The van der Waals surface area contributed by atoms with Crippen molar-refractivity contribution >= 4 is 11.8 Å². The minimum atomic E-state index is -0.111. The van der Waals surface area contributed by atoms with E-state index in [2.05, 4.69) is 5.32 Å². The fraction of sp³-hybridized carbons (Fsp3) is 0.619. The third-order valence-electron chi connectivity index (χ3n) is 5.06. The zero-order valence-corrected chi connectivity index (χ0v) is 15.9. The molecule has 1 saturated heterocycles. The van der Waals surface area contributed by atoms with E-state index >= 15 is 0 Å². The maximum absolute atomic E-state index is 12.3. The molecule has 1 aromatic rings. The Morgan fingerprint density at radius 2 is 1.96 bits per heavy atom. The first-order chi connectivity index (χ1) is 12.5. The molecule has 3 rings (SSSR count). The Morgan fingerprint density at radius 1 is 1.19 bits per heavy atom. The maximum Gasteiger partial charge on any atom is 0.255 e. The van der Waals surface area contributed by atoms with Gasteiger partial charge in [0.05, 0.1) is 12.2 Å². The van der Waals surface area contributed by atoms with Crippen molar-refractivity contribution in [3.63, 3.8) is 0 Å². The average molecular weight is 358 g/mol. The average Bonchev–Trinajstić information content (AvgIpc) is 3.44. The highest BCUT2D eigenvalue weighted by Crippen LogP contribution is 2.33. The first-order valence-corrected chi connectivity index (χ1v) is 9.83. The van der Waals surface area contributed by atoms with E-state index in [-0.39, 0.29) is 11.9 Å². The van der Waals surface area contributed by atoms with Gasteiger partial charge in [0.25, 0.3) is 5.91 Å². The number of amides is 2. The number of para-hydroxylation sites is 1. The van der Waals surface area contributed by atoms with E-state index in [4.69, 9.17) is 4.74 Å². The number of hydrogen-bond acceptors (Lipinski definition) is 3. The van der Waals surface area contributed by atoms with Gasteiger partial charge in [-0.2, -0.15) is 0 Å². The van der Waals surface area contributed by atoms with Crippen LogP contribution < -0.4 is 10.1 Å². The molecule has 1 unspecified atom stereocenters. The zero-order valence-electron chi connectivity index (χ0n) is 15.9. The van der Waals surface area contributed by atoms with Crippen molar-refractivity contribution < 1.29 is 14.3 Å². The van der Waals surface area contributed by atoms with Crippen molar-refractivity contribution in [3.8, 4) is 5.75 Å². The van der Waals surface area contributed by atoms with Crippen LogP contribution in [-0.2, 0) is 4.79 Å². The van der Waals surface area contributed by atoms with Gasteiger partial charge in [0.2, 0.25) is 5.91 Å². The van der Waals surface area contributed by atoms with Crippen LogP contribution in [-0.4, -0.2) is 42.5 Å². The van der Waals surface area contributed by atoms with Gasteiger partial charge in [-0.1, -0.05) is 12.1 Å². The van der Waals surface area contributed by atoms with Crippen molar-refractivity contribution in [2.75, 3.05) is 19.7 Å². The summed E-state index contributed by atoms with van der Waals surface area (Å²) in [6.45, 7) is 6.06. The van der Waals surface area contributed by atoms with E-state index in [1.54, 1.807) is 6.07 Å². The van der Waals surface area contributed by atoms with Crippen molar-refractivity contribution in [1.82, 2.24) is 10.2 Å². The fourth-order valence-electron chi connectivity index (χ4n) is 3.45. The molecule has 26 heavy (non-hydrogen) atoms. The van der Waals surface area contributed by atoms with E-state index in [9.17, 15) is 9.59 Å². The Kier molecular flexibility index (Phi) is 6.17. The molecule has 0 aromatic heterocycles. The summed E-state index contributed by atoms with van der Waals surface area (Å²) in [5.74, 6) is 1.76. The number of nitrogens with one attached hydrogen (secondary N) is 1. The number of ether oxygens (including phenoxy) is 1. The lowest BCUT2D eigenvalue weighted by Gasteiger charge is -2.33. The van der Waals surface area contributed by atoms with Crippen LogP contribution in [0.1, 0.15) is 56.3 Å². The third-order valence-corrected chi connectivity index (χ3v) is 5.06. The molecule has 1 saturated carbocycles. The Morgan fingerprint density at radius 3 is 2.69 bits per heavy atom. The van der Waals surface area contributed by atoms with Gasteiger partial charge in [-0.3, -0.25) is 9.59 Å². The predicted octanol–water partition coefficient (Wildman–Crippen LogP) is 3.24. The fourth-order valence-corrected chi connectivity index (χ4v) is 3.45. The Labute approximate surface area is 156 Å². The van der Waals surface area contributed by atoms with Crippen LogP contribution in [0.15, 0.2) is 24.3 Å². The number of carbonyl (C=O) groups excluding carboxylic acids is 2. The second-order valence-corrected chi connectivity index (χ2v) is 7.93. The molecule has 2 aliphatic rings. The largest absolute Gasteiger partial charge is 0.492 e. The highest BCUT2D eigenvalue weighted by molar-refractivity contribution is 5.97. The monoisotopic (exact) mass is 358 g/mol. The van der Waals surface area contributed by atoms with Crippen molar-refractivity contribution in [2.24, 2.45) is 11.8 Å². The minimum absolute atomic E-state index is 0.0833. The third kappa shape index (κ3) is 5.23. The van der Waals surface area contributed by atoms with Crippen LogP contribution >= 0.6 is 0 Å². The van der Waals surface area contributed by atoms with Crippen molar-refractivity contribution in [1.29, 1.82) is 0 Å². The SMILES string of the molecule is CC(C)NC(=O)c1ccccc1OCC1CCCN(C(=O)CC2CC2)C1. The van der Waals surface area contributed by atoms with Crippen LogP contribution in [0.5, 0.6) is 5.75 Å². The Bertz CT molecular complexity index is 640. The highest BCUT2D eigenvalue weighted by atomic mass is 16.5. The lowest BCUT2D eigenvalue weighted by atomic mass is 9.98. The topological polar surface area (TPSA) is 58.6 Å². The molecule has 0 spiro atoms. The number of nitrogens with zero attached hydrogens (tertiary/aromatic N) is 1. The van der Waals surface area contributed by atoms with Gasteiger partial charge in [0.15, 0.2) is 0 Å². The Hall–Kier alpha value is -2.04. The summed E-state index contributed by atoms with van der Waals surface area (Å²) in [4.78, 5) is 26.7. The molecule has 1 aromatic carbocycles. The van der Waals surface area contributed by atoms with Gasteiger partial charge < -0.3 is 15.0 Å². The van der Waals surface area contributed by atoms with Gasteiger partial charge in [-0.15, -0.1) is 0 Å². The van der Waals surface area contributed by atoms with Crippen LogP contribution in [0.3, 0.4) is 0 Å². The summed E-state index contributed by atoms with van der Waals surface area (Å²) in [6, 6.07) is 7.45. The van der Waals surface area contributed by atoms with Gasteiger partial charge in [-0.25, -0.2) is 0 Å². The molecule has 5 nitrogen and oxygen atoms in total. The minimum Gasteiger partial charge on any atom is -0.492 e. The number of benzene rings is 1. The van der Waals surface area contributed by atoms with Crippen LogP contribution in [0, 0.1) is 11.8 Å². The van der Waals surface area contributed by atoms with Crippen LogP contribution in [0.2, 0.25) is 0 Å². The number of rotatable bonds is 7. The van der Waals surface area contributed by atoms with Crippen LogP contribution in [0.4, 0.5) is 0 Å². The summed E-state index contributed by atoms with van der Waals surface area (Å²) >= 11 is 0. The van der Waals surface area contributed by atoms with Gasteiger partial charge in [0, 0.05) is 31.5 Å². The second kappa shape index (κ2) is 8.56. The molecule has 1 aliphatic carbocycles. The molecule has 1 aliphatic heterocycles. The molecule has 2 amide bonds. The first kappa shape index (κ1) is 18.7. The van der Waals surface area contributed by atoms with Gasteiger partial charge in [-0.05, 0) is 57.6 Å². The molecule has 2 fully saturated rings. The maximum atomic E-state index is 12.3. The quantitative estimate of drug-likeness (QED) is 0.814. The second-order valence-electron chi connectivity index (χ2n) is 7.93. The van der Waals surface area contributed by atoms with E-state index in [0.29, 0.717) is 42.1 Å². The number of piperidine rings is 1. The predicted molar refractivity (Wildman–Crippen MR) is 101 cm³/mol. The Balaban J connectivity index is 1.55. The van der Waals surface area contributed by atoms with Crippen molar-refractivity contribution in [2.45, 2.75) is 52.0 Å². The summed E-state index contributed by atoms with van der Waals surface area (Å²) in [5, 5.41) is 2.91. The molecule has 1 heterocycles. The van der Waals surface area contributed by atoms with E-state index in [0.717, 1.165) is 25.9 Å². The number of hydrogen-bond donors (Lipinski definition) is 1. The van der Waals surface area contributed by atoms with Gasteiger partial charge >= 0.3 is 0 Å². The van der Waals surface area contributed by atoms with E-state index in [1.807, 2.05) is 36.9 Å². The molecule has 0 radical (unpaired) electrons. The molecule has 1 N–H and O–H groups in total. The lowest BCUT2D eigenvalue weighted by molar-refractivity contribution is -0.133. The molecule has 5 heteroatoms. The lowest BCUT2D eigenvalue weighted by Crippen LogP contribution is -2.41. The zero-order chi connectivity index (χ0) is 18.5. The highest BCUT2D eigenvalue weighted by Gasteiger charge is 2.30. The molecule has 0 bridgehead atoms. The number of likely N-dealkylation sites (tertiary alicyclic amines) is 1.